The monoisotopic (exact) mass is 297 g/mol. The number of benzene rings is 1. The predicted molar refractivity (Wildman–Crippen MR) is 85.2 cm³/mol. The molecule has 0 saturated heterocycles. The van der Waals surface area contributed by atoms with Crippen molar-refractivity contribution in [2.45, 2.75) is 19.3 Å². The summed E-state index contributed by atoms with van der Waals surface area (Å²) < 4.78 is 7.48. The number of nitrogens with one attached hydrogen (secondary N) is 1. The van der Waals surface area contributed by atoms with Gasteiger partial charge in [-0.1, -0.05) is 30.9 Å². The lowest BCUT2D eigenvalue weighted by atomic mass is 9.85. The average molecular weight is 297 g/mol. The largest absolute Gasteiger partial charge is 0.489 e. The van der Waals surface area contributed by atoms with E-state index in [1.165, 1.54) is 0 Å². The van der Waals surface area contributed by atoms with Gasteiger partial charge in [0.2, 0.25) is 5.91 Å². The van der Waals surface area contributed by atoms with Gasteiger partial charge in [-0.05, 0) is 13.0 Å². The second-order valence-corrected chi connectivity index (χ2v) is 5.41. The first-order valence-corrected chi connectivity index (χ1v) is 7.27. The number of rotatable bonds is 4. The zero-order valence-electron chi connectivity index (χ0n) is 12.8. The molecule has 1 N–H and O–H groups in total. The lowest BCUT2D eigenvalue weighted by molar-refractivity contribution is -0.116. The Morgan fingerprint density at radius 1 is 1.50 bits per heavy atom. The molecule has 1 amide bonds. The van der Waals surface area contributed by atoms with E-state index in [1.807, 2.05) is 38.2 Å². The third-order valence-corrected chi connectivity index (χ3v) is 3.92. The van der Waals surface area contributed by atoms with E-state index in [9.17, 15) is 4.79 Å². The lowest BCUT2D eigenvalue weighted by Gasteiger charge is -2.25. The van der Waals surface area contributed by atoms with Gasteiger partial charge in [0, 0.05) is 30.5 Å². The smallest absolute Gasteiger partial charge is 0.226 e. The number of hydrogen-bond acceptors (Lipinski definition) is 3. The van der Waals surface area contributed by atoms with Crippen molar-refractivity contribution in [3.8, 4) is 5.75 Å². The van der Waals surface area contributed by atoms with Crippen LogP contribution in [0.2, 0.25) is 0 Å². The van der Waals surface area contributed by atoms with E-state index in [-0.39, 0.29) is 11.8 Å². The summed E-state index contributed by atoms with van der Waals surface area (Å²) in [6, 6.07) is 7.84. The minimum atomic E-state index is -0.0431. The fraction of sp³-hybridized carbons (Fsp3) is 0.294. The number of para-hydroxylation sites is 1. The molecule has 1 aromatic heterocycles. The van der Waals surface area contributed by atoms with Gasteiger partial charge in [-0.15, -0.1) is 0 Å². The first kappa shape index (κ1) is 14.4. The van der Waals surface area contributed by atoms with E-state index < -0.39 is 0 Å². The molecule has 0 radical (unpaired) electrons. The van der Waals surface area contributed by atoms with E-state index in [0.717, 1.165) is 28.4 Å². The van der Waals surface area contributed by atoms with Crippen molar-refractivity contribution >= 4 is 11.7 Å². The number of carbonyl (C=O) groups excluding carboxylic acids is 1. The second-order valence-electron chi connectivity index (χ2n) is 5.41. The van der Waals surface area contributed by atoms with E-state index >= 15 is 0 Å². The van der Waals surface area contributed by atoms with E-state index in [2.05, 4.69) is 17.0 Å². The molecule has 0 saturated carbocycles. The van der Waals surface area contributed by atoms with E-state index in [0.29, 0.717) is 13.0 Å². The van der Waals surface area contributed by atoms with Crippen LogP contribution in [0.25, 0.3) is 0 Å². The zero-order chi connectivity index (χ0) is 15.7. The first-order chi connectivity index (χ1) is 10.6. The minimum absolute atomic E-state index is 0.000904. The first-order valence-electron chi connectivity index (χ1n) is 7.27. The molecular weight excluding hydrogens is 278 g/mol. The molecule has 1 aliphatic rings. The number of nitrogens with zero attached hydrogens (tertiary/aromatic N) is 2. The van der Waals surface area contributed by atoms with Crippen molar-refractivity contribution in [3.05, 3.63) is 53.7 Å². The molecule has 0 unspecified atom stereocenters. The molecule has 0 fully saturated rings. The maximum atomic E-state index is 12.1. The standard InChI is InChI=1S/C17H19N3O2/c1-4-9-22-14-8-6-5-7-12(14)13-10-15(21)18-17-16(13)11(2)19-20(17)3/h4-8,13H,1,9-10H2,2-3H3,(H,18,21)/t13-/m0/s1. The van der Waals surface area contributed by atoms with E-state index in [1.54, 1.807) is 10.8 Å². The molecule has 114 valence electrons. The molecule has 3 rings (SSSR count). The number of ether oxygens (including phenoxy) is 1. The van der Waals surface area contributed by atoms with Gasteiger partial charge < -0.3 is 10.1 Å². The summed E-state index contributed by atoms with van der Waals surface area (Å²) in [6.07, 6.45) is 2.11. The van der Waals surface area contributed by atoms with Crippen LogP contribution in [0.4, 0.5) is 5.82 Å². The average Bonchev–Trinajstić information content (AvgIpc) is 2.79. The summed E-state index contributed by atoms with van der Waals surface area (Å²) in [5.74, 6) is 1.52. The van der Waals surface area contributed by atoms with Gasteiger partial charge in [0.1, 0.15) is 18.2 Å². The van der Waals surface area contributed by atoms with Crippen LogP contribution in [0.3, 0.4) is 0 Å². The predicted octanol–water partition coefficient (Wildman–Crippen LogP) is 2.77. The Kier molecular flexibility index (Phi) is 3.71. The Hall–Kier alpha value is -2.56. The maximum Gasteiger partial charge on any atom is 0.226 e. The zero-order valence-corrected chi connectivity index (χ0v) is 12.8. The number of aromatic nitrogens is 2. The highest BCUT2D eigenvalue weighted by Gasteiger charge is 2.32. The lowest BCUT2D eigenvalue weighted by Crippen LogP contribution is -2.25. The molecular formula is C17H19N3O2. The highest BCUT2D eigenvalue weighted by Crippen LogP contribution is 2.41. The molecule has 1 atom stereocenters. The van der Waals surface area contributed by atoms with Crippen LogP contribution < -0.4 is 10.1 Å². The van der Waals surface area contributed by atoms with Gasteiger partial charge in [-0.2, -0.15) is 5.10 Å². The highest BCUT2D eigenvalue weighted by molar-refractivity contribution is 5.94. The summed E-state index contributed by atoms with van der Waals surface area (Å²) in [6.45, 7) is 6.09. The Morgan fingerprint density at radius 2 is 2.27 bits per heavy atom. The van der Waals surface area contributed by atoms with Crippen LogP contribution in [0.5, 0.6) is 5.75 Å². The Morgan fingerprint density at radius 3 is 3.05 bits per heavy atom. The van der Waals surface area contributed by atoms with Crippen LogP contribution in [0, 0.1) is 6.92 Å². The molecule has 5 heteroatoms. The SMILES string of the molecule is C=CCOc1ccccc1[C@@H]1CC(=O)Nc2c1c(C)nn2C. The summed E-state index contributed by atoms with van der Waals surface area (Å²) >= 11 is 0. The number of anilines is 1. The van der Waals surface area contributed by atoms with Crippen molar-refractivity contribution in [2.24, 2.45) is 7.05 Å². The quantitative estimate of drug-likeness (QED) is 0.883. The maximum absolute atomic E-state index is 12.1. The van der Waals surface area contributed by atoms with Gasteiger partial charge in [-0.25, -0.2) is 0 Å². The van der Waals surface area contributed by atoms with Gasteiger partial charge in [0.15, 0.2) is 0 Å². The fourth-order valence-electron chi connectivity index (χ4n) is 3.02. The number of carbonyl (C=O) groups is 1. The summed E-state index contributed by atoms with van der Waals surface area (Å²) in [4.78, 5) is 12.1. The van der Waals surface area contributed by atoms with Crippen LogP contribution in [-0.2, 0) is 11.8 Å². The van der Waals surface area contributed by atoms with Gasteiger partial charge in [0.25, 0.3) is 0 Å². The fourth-order valence-corrected chi connectivity index (χ4v) is 3.02. The topological polar surface area (TPSA) is 56.1 Å². The van der Waals surface area contributed by atoms with Crippen LogP contribution in [-0.4, -0.2) is 22.3 Å². The molecule has 2 heterocycles. The minimum Gasteiger partial charge on any atom is -0.489 e. The van der Waals surface area contributed by atoms with Crippen LogP contribution >= 0.6 is 0 Å². The van der Waals surface area contributed by atoms with E-state index in [4.69, 9.17) is 4.74 Å². The number of aryl methyl sites for hydroxylation is 2. The molecule has 0 bridgehead atoms. The number of fused-ring (bicyclic) bond motifs is 1. The Labute approximate surface area is 129 Å². The van der Waals surface area contributed by atoms with Crippen molar-refractivity contribution in [1.82, 2.24) is 9.78 Å². The van der Waals surface area contributed by atoms with Crippen LogP contribution in [0.1, 0.15) is 29.2 Å². The van der Waals surface area contributed by atoms with Crippen LogP contribution in [0.15, 0.2) is 36.9 Å². The summed E-state index contributed by atoms with van der Waals surface area (Å²) in [5, 5.41) is 7.36. The molecule has 1 aliphatic heterocycles. The van der Waals surface area contributed by atoms with Gasteiger partial charge >= 0.3 is 0 Å². The Balaban J connectivity index is 2.10. The molecule has 22 heavy (non-hydrogen) atoms. The summed E-state index contributed by atoms with van der Waals surface area (Å²) in [7, 11) is 1.84. The summed E-state index contributed by atoms with van der Waals surface area (Å²) in [5.41, 5.74) is 3.01. The molecule has 1 aromatic carbocycles. The third kappa shape index (κ3) is 2.39. The normalized spacial score (nSPS) is 16.8. The Bertz CT molecular complexity index is 734. The number of hydrogen-bond donors (Lipinski definition) is 1. The molecule has 0 aliphatic carbocycles. The van der Waals surface area contributed by atoms with Gasteiger partial charge in [-0.3, -0.25) is 9.48 Å². The van der Waals surface area contributed by atoms with Crippen molar-refractivity contribution in [1.29, 1.82) is 0 Å². The second kappa shape index (κ2) is 5.67. The van der Waals surface area contributed by atoms with Crippen molar-refractivity contribution in [2.75, 3.05) is 11.9 Å². The third-order valence-electron chi connectivity index (χ3n) is 3.92. The number of amides is 1. The molecule has 0 spiro atoms. The highest BCUT2D eigenvalue weighted by atomic mass is 16.5. The van der Waals surface area contributed by atoms with Gasteiger partial charge in [0.05, 0.1) is 5.69 Å². The van der Waals surface area contributed by atoms with Crippen molar-refractivity contribution in [3.63, 3.8) is 0 Å². The molecule has 2 aromatic rings. The molecule has 5 nitrogen and oxygen atoms in total. The van der Waals surface area contributed by atoms with Crippen molar-refractivity contribution < 1.29 is 9.53 Å².